The van der Waals surface area contributed by atoms with Crippen molar-refractivity contribution in [2.24, 2.45) is 11.7 Å². The molecule has 3 nitrogen and oxygen atoms in total. The molecule has 1 amide bonds. The Morgan fingerprint density at radius 1 is 1.40 bits per heavy atom. The number of nitrogens with two attached hydrogens (primary N) is 1. The monoisotopic (exact) mass is 360 g/mol. The first kappa shape index (κ1) is 17.5. The lowest BCUT2D eigenvalue weighted by atomic mass is 9.95. The minimum Gasteiger partial charge on any atom is -0.345 e. The van der Waals surface area contributed by atoms with Crippen LogP contribution in [-0.4, -0.2) is 30.9 Å². The Kier molecular flexibility index (Phi) is 6.05. The minimum absolute atomic E-state index is 0. The number of hydrogen-bond donors (Lipinski definition) is 1. The van der Waals surface area contributed by atoms with Crippen LogP contribution in [0.25, 0.3) is 0 Å². The summed E-state index contributed by atoms with van der Waals surface area (Å²) < 4.78 is 1.09. The van der Waals surface area contributed by atoms with Crippen LogP contribution in [0.15, 0.2) is 28.7 Å². The number of hydrogen-bond acceptors (Lipinski definition) is 2. The highest BCUT2D eigenvalue weighted by atomic mass is 79.9. The molecule has 5 heteroatoms. The third-order valence-electron chi connectivity index (χ3n) is 4.00. The highest BCUT2D eigenvalue weighted by molar-refractivity contribution is 9.10. The lowest BCUT2D eigenvalue weighted by Gasteiger charge is -2.26. The second-order valence-corrected chi connectivity index (χ2v) is 6.53. The predicted molar refractivity (Wildman–Crippen MR) is 88.2 cm³/mol. The van der Waals surface area contributed by atoms with Crippen LogP contribution in [0.5, 0.6) is 0 Å². The molecule has 2 N–H and O–H groups in total. The fourth-order valence-electron chi connectivity index (χ4n) is 2.50. The third-order valence-corrected chi connectivity index (χ3v) is 4.53. The molecule has 112 valence electrons. The van der Waals surface area contributed by atoms with E-state index in [4.69, 9.17) is 5.73 Å². The fraction of sp³-hybridized carbons (Fsp3) is 0.533. The summed E-state index contributed by atoms with van der Waals surface area (Å²) in [6.07, 6.45) is 2.31. The van der Waals surface area contributed by atoms with E-state index in [0.29, 0.717) is 6.54 Å². The van der Waals surface area contributed by atoms with Crippen molar-refractivity contribution in [3.63, 3.8) is 0 Å². The fourth-order valence-corrected chi connectivity index (χ4v) is 2.77. The molecule has 2 rings (SSSR count). The number of nitrogens with zero attached hydrogens (tertiary/aromatic N) is 1. The maximum absolute atomic E-state index is 12.1. The molecule has 1 aromatic rings. The zero-order chi connectivity index (χ0) is 14.0. The SMILES string of the molecule is CC(CN)C(=O)N(C)CC1(c2ccc(Br)cc2)CC1.Cl. The van der Waals surface area contributed by atoms with E-state index in [9.17, 15) is 4.79 Å². The van der Waals surface area contributed by atoms with E-state index in [1.54, 1.807) is 0 Å². The first-order valence-electron chi connectivity index (χ1n) is 6.69. The Morgan fingerprint density at radius 3 is 2.40 bits per heavy atom. The van der Waals surface area contributed by atoms with Crippen molar-refractivity contribution in [2.75, 3.05) is 20.1 Å². The molecule has 0 heterocycles. The summed E-state index contributed by atoms with van der Waals surface area (Å²) in [5.41, 5.74) is 7.06. The van der Waals surface area contributed by atoms with Crippen LogP contribution in [0.1, 0.15) is 25.3 Å². The van der Waals surface area contributed by atoms with Crippen molar-refractivity contribution in [3.05, 3.63) is 34.3 Å². The molecule has 0 aromatic heterocycles. The summed E-state index contributed by atoms with van der Waals surface area (Å²) in [4.78, 5) is 13.9. The second-order valence-electron chi connectivity index (χ2n) is 5.62. The Bertz CT molecular complexity index is 459. The molecule has 0 spiro atoms. The quantitative estimate of drug-likeness (QED) is 0.876. The van der Waals surface area contributed by atoms with Crippen molar-refractivity contribution in [2.45, 2.75) is 25.2 Å². The van der Waals surface area contributed by atoms with E-state index in [1.807, 2.05) is 18.9 Å². The number of halogens is 2. The van der Waals surface area contributed by atoms with E-state index in [-0.39, 0.29) is 29.6 Å². The van der Waals surface area contributed by atoms with Crippen molar-refractivity contribution in [3.8, 4) is 0 Å². The molecule has 0 bridgehead atoms. The molecule has 1 fully saturated rings. The topological polar surface area (TPSA) is 46.3 Å². The van der Waals surface area contributed by atoms with Crippen LogP contribution >= 0.6 is 28.3 Å². The Hall–Kier alpha value is -0.580. The van der Waals surface area contributed by atoms with Gasteiger partial charge in [-0.15, -0.1) is 12.4 Å². The molecule has 0 aliphatic heterocycles. The van der Waals surface area contributed by atoms with E-state index >= 15 is 0 Å². The lowest BCUT2D eigenvalue weighted by molar-refractivity contribution is -0.133. The van der Waals surface area contributed by atoms with E-state index in [2.05, 4.69) is 40.2 Å². The smallest absolute Gasteiger partial charge is 0.226 e. The van der Waals surface area contributed by atoms with Gasteiger partial charge in [0.15, 0.2) is 0 Å². The molecule has 1 unspecified atom stereocenters. The van der Waals surface area contributed by atoms with Gasteiger partial charge in [-0.2, -0.15) is 0 Å². The molecule has 0 saturated heterocycles. The predicted octanol–water partition coefficient (Wildman–Crippen LogP) is 2.96. The molecule has 0 radical (unpaired) electrons. The number of amides is 1. The largest absolute Gasteiger partial charge is 0.345 e. The summed E-state index contributed by atoms with van der Waals surface area (Å²) in [7, 11) is 1.88. The second kappa shape index (κ2) is 6.92. The van der Waals surface area contributed by atoms with Gasteiger partial charge in [-0.1, -0.05) is 35.0 Å². The van der Waals surface area contributed by atoms with E-state index < -0.39 is 0 Å². The third kappa shape index (κ3) is 3.74. The van der Waals surface area contributed by atoms with Gasteiger partial charge in [0, 0.05) is 35.9 Å². The minimum atomic E-state index is -0.0919. The average molecular weight is 362 g/mol. The van der Waals surface area contributed by atoms with Crippen LogP contribution < -0.4 is 5.73 Å². The van der Waals surface area contributed by atoms with Gasteiger partial charge < -0.3 is 10.6 Å². The summed E-state index contributed by atoms with van der Waals surface area (Å²) in [5.74, 6) is 0.0524. The van der Waals surface area contributed by atoms with Gasteiger partial charge in [-0.25, -0.2) is 0 Å². The number of benzene rings is 1. The number of carbonyl (C=O) groups is 1. The van der Waals surface area contributed by atoms with Crippen LogP contribution in [-0.2, 0) is 10.2 Å². The van der Waals surface area contributed by atoms with Gasteiger partial charge in [-0.3, -0.25) is 4.79 Å². The molecule has 1 aliphatic carbocycles. The Labute approximate surface area is 135 Å². The van der Waals surface area contributed by atoms with Gasteiger partial charge in [0.2, 0.25) is 5.91 Å². The summed E-state index contributed by atoms with van der Waals surface area (Å²) in [6, 6.07) is 8.45. The Morgan fingerprint density at radius 2 is 1.95 bits per heavy atom. The van der Waals surface area contributed by atoms with Gasteiger partial charge >= 0.3 is 0 Å². The van der Waals surface area contributed by atoms with Gasteiger partial charge in [0.05, 0.1) is 0 Å². The maximum atomic E-state index is 12.1. The summed E-state index contributed by atoms with van der Waals surface area (Å²) >= 11 is 3.46. The standard InChI is InChI=1S/C15H21BrN2O.ClH/c1-11(9-17)14(19)18(2)10-15(7-8-15)12-3-5-13(16)6-4-12;/h3-6,11H,7-10,17H2,1-2H3;1H. The molecule has 1 saturated carbocycles. The van der Waals surface area contributed by atoms with Crippen molar-refractivity contribution < 1.29 is 4.79 Å². The number of carbonyl (C=O) groups excluding carboxylic acids is 1. The highest BCUT2D eigenvalue weighted by Gasteiger charge is 2.45. The zero-order valence-corrected chi connectivity index (χ0v) is 14.3. The van der Waals surface area contributed by atoms with Gasteiger partial charge in [0.25, 0.3) is 0 Å². The van der Waals surface area contributed by atoms with Gasteiger partial charge in [0.1, 0.15) is 0 Å². The van der Waals surface area contributed by atoms with Crippen molar-refractivity contribution >= 4 is 34.2 Å². The van der Waals surface area contributed by atoms with Crippen LogP contribution in [0.3, 0.4) is 0 Å². The molecular formula is C15H22BrClN2O. The van der Waals surface area contributed by atoms with Crippen LogP contribution in [0.2, 0.25) is 0 Å². The summed E-state index contributed by atoms with van der Waals surface area (Å²) in [6.45, 7) is 3.09. The van der Waals surface area contributed by atoms with E-state index in [0.717, 1.165) is 23.9 Å². The van der Waals surface area contributed by atoms with Crippen LogP contribution in [0, 0.1) is 5.92 Å². The van der Waals surface area contributed by atoms with Gasteiger partial charge in [-0.05, 0) is 30.5 Å². The van der Waals surface area contributed by atoms with E-state index in [1.165, 1.54) is 5.56 Å². The molecule has 20 heavy (non-hydrogen) atoms. The Balaban J connectivity index is 0.00000200. The average Bonchev–Trinajstić information content (AvgIpc) is 3.18. The zero-order valence-electron chi connectivity index (χ0n) is 11.9. The maximum Gasteiger partial charge on any atom is 0.226 e. The van der Waals surface area contributed by atoms with Crippen LogP contribution in [0.4, 0.5) is 0 Å². The summed E-state index contributed by atoms with van der Waals surface area (Å²) in [5, 5.41) is 0. The molecular weight excluding hydrogens is 340 g/mol. The molecule has 1 atom stereocenters. The molecule has 1 aliphatic rings. The number of likely N-dealkylation sites (N-methyl/N-ethyl adjacent to an activating group) is 1. The normalized spacial score (nSPS) is 17.0. The van der Waals surface area contributed by atoms with Crippen molar-refractivity contribution in [1.29, 1.82) is 0 Å². The first-order chi connectivity index (χ1) is 8.98. The lowest BCUT2D eigenvalue weighted by Crippen LogP contribution is -2.39. The number of rotatable bonds is 5. The van der Waals surface area contributed by atoms with Crippen molar-refractivity contribution in [1.82, 2.24) is 4.90 Å². The molecule has 1 aromatic carbocycles. The first-order valence-corrected chi connectivity index (χ1v) is 7.49. The highest BCUT2D eigenvalue weighted by Crippen LogP contribution is 2.48.